The number of nitrogens with two attached hydrogens (primary N) is 1. The minimum absolute atomic E-state index is 0.611. The molecule has 0 bridgehead atoms. The molecule has 0 amide bonds. The van der Waals surface area contributed by atoms with Crippen LogP contribution in [0.4, 0.5) is 0 Å². The van der Waals surface area contributed by atoms with Crippen LogP contribution in [0.5, 0.6) is 0 Å². The average molecular weight is 286 g/mol. The van der Waals surface area contributed by atoms with E-state index in [-0.39, 0.29) is 0 Å². The maximum Gasteiger partial charge on any atom is 0.173 e. The zero-order valence-corrected chi connectivity index (χ0v) is 13.4. The fraction of sp³-hybridized carbons (Fsp3) is 0.933. The molecule has 2 saturated carbocycles. The Kier molecular flexibility index (Phi) is 12.4. The molecule has 0 aliphatic heterocycles. The van der Waals surface area contributed by atoms with E-state index in [0.29, 0.717) is 0 Å². The number of nitrogens with zero attached hydrogens (tertiary/aromatic N) is 1. The second-order valence-corrected chi connectivity index (χ2v) is 7.15. The Morgan fingerprint density at radius 2 is 1.11 bits per heavy atom. The highest BCUT2D eigenvalue weighted by atomic mass is 32.2. The predicted octanol–water partition coefficient (Wildman–Crippen LogP) is 3.57. The standard InChI is InChI=1S/C12H22.C2H6OS.CH2N2/c1-3-7-11(8-4-1)12-9-5-2-6-10-12;1-4(2)3;2-1-3/h11-12H,1-10H2;1-2H3;2H2. The molecule has 0 heterocycles. The summed E-state index contributed by atoms with van der Waals surface area (Å²) in [5.41, 5.74) is 4.15. The monoisotopic (exact) mass is 286 g/mol. The molecule has 2 aliphatic carbocycles. The summed E-state index contributed by atoms with van der Waals surface area (Å²) in [5, 5.41) is 7.10. The van der Waals surface area contributed by atoms with Crippen LogP contribution in [0.2, 0.25) is 0 Å². The summed E-state index contributed by atoms with van der Waals surface area (Å²) < 4.78 is 9.56. The third-order valence-corrected chi connectivity index (χ3v) is 3.97. The molecule has 0 aromatic heterocycles. The second kappa shape index (κ2) is 12.6. The third-order valence-electron chi connectivity index (χ3n) is 3.97. The molecule has 0 saturated heterocycles. The smallest absolute Gasteiger partial charge is 0.173 e. The van der Waals surface area contributed by atoms with Gasteiger partial charge >= 0.3 is 0 Å². The molecule has 2 aliphatic rings. The number of rotatable bonds is 1. The molecule has 0 aromatic carbocycles. The number of nitriles is 1. The van der Waals surface area contributed by atoms with E-state index in [0.717, 1.165) is 11.8 Å². The van der Waals surface area contributed by atoms with Crippen LogP contribution in [0.3, 0.4) is 0 Å². The van der Waals surface area contributed by atoms with Crippen molar-refractivity contribution in [2.75, 3.05) is 12.5 Å². The fourth-order valence-electron chi connectivity index (χ4n) is 3.21. The summed E-state index contributed by atoms with van der Waals surface area (Å²) in [6, 6.07) is 0. The van der Waals surface area contributed by atoms with Gasteiger partial charge in [0.05, 0.1) is 12.5 Å². The van der Waals surface area contributed by atoms with Crippen LogP contribution in [-0.2, 0) is 11.2 Å². The van der Waals surface area contributed by atoms with Gasteiger partial charge in [-0.2, -0.15) is 5.26 Å². The van der Waals surface area contributed by atoms with Crippen molar-refractivity contribution >= 4 is 11.2 Å². The van der Waals surface area contributed by atoms with E-state index in [1.165, 1.54) is 44.7 Å². The summed E-state index contributed by atoms with van der Waals surface area (Å²) in [4.78, 5) is 0. The Balaban J connectivity index is 0.000000393. The Morgan fingerprint density at radius 3 is 1.32 bits per heavy atom. The molecule has 2 N–H and O–H groups in total. The van der Waals surface area contributed by atoms with Gasteiger partial charge in [-0.3, -0.25) is 0 Å². The molecule has 19 heavy (non-hydrogen) atoms. The highest BCUT2D eigenvalue weighted by Crippen LogP contribution is 2.37. The molecule has 0 atom stereocenters. The lowest BCUT2D eigenvalue weighted by Gasteiger charge is -2.32. The van der Waals surface area contributed by atoms with Gasteiger partial charge in [0.1, 0.15) is 0 Å². The van der Waals surface area contributed by atoms with Crippen LogP contribution >= 0.6 is 0 Å². The normalized spacial score (nSPS) is 20.6. The lowest BCUT2D eigenvalue weighted by atomic mass is 9.73. The van der Waals surface area contributed by atoms with Crippen molar-refractivity contribution in [3.63, 3.8) is 0 Å². The largest absolute Gasteiger partial charge is 0.617 e. The SMILES string of the molecule is C1CCC(C2CCCCC2)CC1.C[S+](C)[O-].N#CN. The summed E-state index contributed by atoms with van der Waals surface area (Å²) in [6.07, 6.45) is 19.9. The van der Waals surface area contributed by atoms with Crippen LogP contribution in [0.1, 0.15) is 64.2 Å². The first-order valence-corrected chi connectivity index (χ1v) is 9.43. The summed E-state index contributed by atoms with van der Waals surface area (Å²) in [7, 11) is 0. The third kappa shape index (κ3) is 11.1. The molecular formula is C15H30N2OS. The fourth-order valence-corrected chi connectivity index (χ4v) is 3.21. The van der Waals surface area contributed by atoms with Crippen LogP contribution in [-0.4, -0.2) is 17.1 Å². The van der Waals surface area contributed by atoms with Gasteiger partial charge in [0.2, 0.25) is 0 Å². The van der Waals surface area contributed by atoms with E-state index in [9.17, 15) is 4.55 Å². The molecule has 4 heteroatoms. The van der Waals surface area contributed by atoms with Gasteiger partial charge in [-0.15, -0.1) is 0 Å². The molecule has 2 rings (SSSR count). The molecule has 2 fully saturated rings. The van der Waals surface area contributed by atoms with E-state index in [1.807, 2.05) is 0 Å². The Labute approximate surface area is 122 Å². The summed E-state index contributed by atoms with van der Waals surface area (Å²) in [6.45, 7) is 0. The van der Waals surface area contributed by atoms with Crippen molar-refractivity contribution in [2.24, 2.45) is 17.6 Å². The first kappa shape index (κ1) is 18.6. The maximum atomic E-state index is 9.56. The van der Waals surface area contributed by atoms with Crippen molar-refractivity contribution in [1.29, 1.82) is 5.26 Å². The van der Waals surface area contributed by atoms with Crippen molar-refractivity contribution in [1.82, 2.24) is 0 Å². The highest BCUT2D eigenvalue weighted by molar-refractivity contribution is 7.89. The molecule has 3 nitrogen and oxygen atoms in total. The molecule has 112 valence electrons. The summed E-state index contributed by atoms with van der Waals surface area (Å²) >= 11 is -0.611. The van der Waals surface area contributed by atoms with E-state index in [4.69, 9.17) is 5.26 Å². The minimum Gasteiger partial charge on any atom is -0.617 e. The average Bonchev–Trinajstić information content (AvgIpc) is 2.41. The van der Waals surface area contributed by atoms with Crippen molar-refractivity contribution in [3.8, 4) is 6.19 Å². The van der Waals surface area contributed by atoms with Crippen molar-refractivity contribution in [2.45, 2.75) is 64.2 Å². The number of hydrogen-bond acceptors (Lipinski definition) is 3. The minimum atomic E-state index is -0.611. The first-order valence-electron chi connectivity index (χ1n) is 7.46. The van der Waals surface area contributed by atoms with Gasteiger partial charge in [0.25, 0.3) is 0 Å². The van der Waals surface area contributed by atoms with Gasteiger partial charge < -0.3 is 10.3 Å². The quantitative estimate of drug-likeness (QED) is 0.455. The molecule has 0 radical (unpaired) electrons. The van der Waals surface area contributed by atoms with Gasteiger partial charge in [-0.25, -0.2) is 0 Å². The van der Waals surface area contributed by atoms with E-state index in [2.05, 4.69) is 5.73 Å². The molecular weight excluding hydrogens is 256 g/mol. The highest BCUT2D eigenvalue weighted by Gasteiger charge is 2.24. The van der Waals surface area contributed by atoms with Crippen LogP contribution in [0.15, 0.2) is 0 Å². The predicted molar refractivity (Wildman–Crippen MR) is 82.9 cm³/mol. The van der Waals surface area contributed by atoms with Crippen molar-refractivity contribution < 1.29 is 4.55 Å². The van der Waals surface area contributed by atoms with Gasteiger partial charge in [0.15, 0.2) is 6.19 Å². The van der Waals surface area contributed by atoms with Crippen LogP contribution < -0.4 is 5.73 Å². The molecule has 0 spiro atoms. The second-order valence-electron chi connectivity index (χ2n) is 5.67. The first-order chi connectivity index (χ1) is 9.11. The van der Waals surface area contributed by atoms with Crippen LogP contribution in [0, 0.1) is 23.3 Å². The Hall–Kier alpha value is -0.400. The zero-order valence-electron chi connectivity index (χ0n) is 12.6. The molecule has 0 aromatic rings. The maximum absolute atomic E-state index is 9.56. The van der Waals surface area contributed by atoms with E-state index < -0.39 is 11.2 Å². The zero-order chi connectivity index (χ0) is 14.5. The topological polar surface area (TPSA) is 72.9 Å². The van der Waals surface area contributed by atoms with Gasteiger partial charge in [0, 0.05) is 0 Å². The van der Waals surface area contributed by atoms with E-state index in [1.54, 1.807) is 38.2 Å². The Bertz CT molecular complexity index is 210. The number of hydrogen-bond donors (Lipinski definition) is 1. The van der Waals surface area contributed by atoms with Crippen molar-refractivity contribution in [3.05, 3.63) is 0 Å². The van der Waals surface area contributed by atoms with Crippen LogP contribution in [0.25, 0.3) is 0 Å². The Morgan fingerprint density at radius 1 is 0.895 bits per heavy atom. The lowest BCUT2D eigenvalue weighted by Crippen LogP contribution is -2.20. The lowest BCUT2D eigenvalue weighted by molar-refractivity contribution is 0.196. The summed E-state index contributed by atoms with van der Waals surface area (Å²) in [5.74, 6) is 2.28. The van der Waals surface area contributed by atoms with Gasteiger partial charge in [-0.1, -0.05) is 75.4 Å². The van der Waals surface area contributed by atoms with E-state index >= 15 is 0 Å². The van der Waals surface area contributed by atoms with Gasteiger partial charge in [-0.05, 0) is 11.8 Å². The molecule has 0 unspecified atom stereocenters.